The number of carbonyl (C=O) groups excluding carboxylic acids is 1. The van der Waals surface area contributed by atoms with Crippen LogP contribution in [0, 0.1) is 0 Å². The van der Waals surface area contributed by atoms with Gasteiger partial charge >= 0.3 is 0 Å². The monoisotopic (exact) mass is 388 g/mol. The van der Waals surface area contributed by atoms with Gasteiger partial charge in [-0.15, -0.1) is 11.8 Å². The third kappa shape index (κ3) is 3.31. The van der Waals surface area contributed by atoms with Gasteiger partial charge in [-0.25, -0.2) is 8.42 Å². The number of halogens is 1. The summed E-state index contributed by atoms with van der Waals surface area (Å²) in [5, 5.41) is 6.75. The highest BCUT2D eigenvalue weighted by Crippen LogP contribution is 2.38. The van der Waals surface area contributed by atoms with Crippen LogP contribution < -0.4 is 10.6 Å². The Kier molecular flexibility index (Phi) is 5.16. The molecule has 0 bridgehead atoms. The molecule has 5 nitrogen and oxygen atoms in total. The van der Waals surface area contributed by atoms with Crippen LogP contribution in [0.4, 0.5) is 0 Å². The standard InChI is InChI=1S/C16H21ClN2O3S2/c1-24(21,22)16(5-7-18-8-6-16)15(20)19-13-4-9-23-14-3-2-11(17)10-12(13)14/h2-3,10,13,18H,4-9H2,1H3,(H,19,20). The molecule has 8 heteroatoms. The van der Waals surface area contributed by atoms with Gasteiger partial charge in [0.25, 0.3) is 0 Å². The molecular weight excluding hydrogens is 368 g/mol. The van der Waals surface area contributed by atoms with E-state index in [1.165, 1.54) is 6.26 Å². The minimum Gasteiger partial charge on any atom is -0.348 e. The molecule has 1 fully saturated rings. The Labute approximate surface area is 151 Å². The molecule has 2 aliphatic rings. The van der Waals surface area contributed by atoms with Crippen LogP contribution in [0.25, 0.3) is 0 Å². The maximum atomic E-state index is 13.0. The number of hydrogen-bond donors (Lipinski definition) is 2. The Morgan fingerprint density at radius 1 is 1.38 bits per heavy atom. The number of sulfone groups is 1. The lowest BCUT2D eigenvalue weighted by Crippen LogP contribution is -2.57. The summed E-state index contributed by atoms with van der Waals surface area (Å²) in [7, 11) is -3.51. The van der Waals surface area contributed by atoms with Crippen LogP contribution in [-0.4, -0.2) is 44.2 Å². The molecule has 132 valence electrons. The van der Waals surface area contributed by atoms with E-state index >= 15 is 0 Å². The minimum atomic E-state index is -3.51. The molecule has 0 radical (unpaired) electrons. The summed E-state index contributed by atoms with van der Waals surface area (Å²) in [5.74, 6) is 0.502. The van der Waals surface area contributed by atoms with Gasteiger partial charge in [-0.05, 0) is 56.1 Å². The van der Waals surface area contributed by atoms with Crippen LogP contribution in [0.2, 0.25) is 5.02 Å². The molecule has 0 aromatic heterocycles. The second-order valence-electron chi connectivity index (χ2n) is 6.36. The highest BCUT2D eigenvalue weighted by atomic mass is 35.5. The number of hydrogen-bond acceptors (Lipinski definition) is 5. The summed E-state index contributed by atoms with van der Waals surface area (Å²) >= 11 is 7.83. The second kappa shape index (κ2) is 6.86. The van der Waals surface area contributed by atoms with Crippen LogP contribution in [0.15, 0.2) is 23.1 Å². The predicted molar refractivity (Wildman–Crippen MR) is 97.4 cm³/mol. The van der Waals surface area contributed by atoms with Crippen molar-refractivity contribution >= 4 is 39.1 Å². The number of rotatable bonds is 3. The Morgan fingerprint density at radius 2 is 2.08 bits per heavy atom. The summed E-state index contributed by atoms with van der Waals surface area (Å²) in [6, 6.07) is 5.46. The fourth-order valence-electron chi connectivity index (χ4n) is 3.40. The zero-order valence-corrected chi connectivity index (χ0v) is 15.9. The van der Waals surface area contributed by atoms with Crippen LogP contribution >= 0.6 is 23.4 Å². The first kappa shape index (κ1) is 18.0. The average molecular weight is 389 g/mol. The van der Waals surface area contributed by atoms with Crippen molar-refractivity contribution in [2.24, 2.45) is 0 Å². The van der Waals surface area contributed by atoms with Gasteiger partial charge < -0.3 is 10.6 Å². The molecule has 1 aromatic rings. The zero-order chi connectivity index (χ0) is 17.4. The van der Waals surface area contributed by atoms with Crippen molar-refractivity contribution < 1.29 is 13.2 Å². The molecule has 1 atom stereocenters. The van der Waals surface area contributed by atoms with Crippen LogP contribution in [0.5, 0.6) is 0 Å². The van der Waals surface area contributed by atoms with Gasteiger partial charge in [0.15, 0.2) is 14.6 Å². The number of benzene rings is 1. The largest absolute Gasteiger partial charge is 0.348 e. The van der Waals surface area contributed by atoms with E-state index in [2.05, 4.69) is 10.6 Å². The summed E-state index contributed by atoms with van der Waals surface area (Å²) in [5.41, 5.74) is 0.977. The average Bonchev–Trinajstić information content (AvgIpc) is 2.55. The Bertz CT molecular complexity index is 746. The highest BCUT2D eigenvalue weighted by molar-refractivity contribution is 7.99. The van der Waals surface area contributed by atoms with Crippen molar-refractivity contribution in [2.75, 3.05) is 25.1 Å². The first-order chi connectivity index (χ1) is 11.3. The van der Waals surface area contributed by atoms with Crippen molar-refractivity contribution in [3.05, 3.63) is 28.8 Å². The van der Waals surface area contributed by atoms with E-state index in [1.54, 1.807) is 11.8 Å². The molecule has 2 heterocycles. The topological polar surface area (TPSA) is 75.3 Å². The number of carbonyl (C=O) groups is 1. The summed E-state index contributed by atoms with van der Waals surface area (Å²) in [4.78, 5) is 14.1. The van der Waals surface area contributed by atoms with Crippen molar-refractivity contribution in [1.29, 1.82) is 0 Å². The zero-order valence-electron chi connectivity index (χ0n) is 13.5. The third-order valence-corrected chi connectivity index (χ3v) is 8.22. The van der Waals surface area contributed by atoms with Gasteiger partial charge in [-0.3, -0.25) is 4.79 Å². The lowest BCUT2D eigenvalue weighted by atomic mass is 9.94. The Hall–Kier alpha value is -0.760. The van der Waals surface area contributed by atoms with Gasteiger partial charge in [0.1, 0.15) is 0 Å². The molecule has 0 saturated carbocycles. The number of nitrogens with one attached hydrogen (secondary N) is 2. The van der Waals surface area contributed by atoms with Gasteiger partial charge in [0, 0.05) is 21.9 Å². The minimum absolute atomic E-state index is 0.194. The van der Waals surface area contributed by atoms with Gasteiger partial charge in [-0.1, -0.05) is 11.6 Å². The van der Waals surface area contributed by atoms with Crippen LogP contribution in [-0.2, 0) is 14.6 Å². The number of fused-ring (bicyclic) bond motifs is 1. The molecule has 3 rings (SSSR count). The fourth-order valence-corrected chi connectivity index (χ4v) is 6.03. The third-order valence-electron chi connectivity index (χ3n) is 4.85. The molecule has 1 aromatic carbocycles. The van der Waals surface area contributed by atoms with E-state index in [4.69, 9.17) is 11.6 Å². The van der Waals surface area contributed by atoms with Crippen molar-refractivity contribution in [1.82, 2.24) is 10.6 Å². The lowest BCUT2D eigenvalue weighted by molar-refractivity contribution is -0.125. The molecule has 2 N–H and O–H groups in total. The maximum absolute atomic E-state index is 13.0. The molecule has 2 aliphatic heterocycles. The molecule has 24 heavy (non-hydrogen) atoms. The second-order valence-corrected chi connectivity index (χ2v) is 10.3. The van der Waals surface area contributed by atoms with E-state index in [-0.39, 0.29) is 11.9 Å². The van der Waals surface area contributed by atoms with Crippen molar-refractivity contribution in [3.63, 3.8) is 0 Å². The summed E-state index contributed by atoms with van der Waals surface area (Å²) in [6.07, 6.45) is 2.55. The highest BCUT2D eigenvalue weighted by Gasteiger charge is 2.49. The fraction of sp³-hybridized carbons (Fsp3) is 0.562. The van der Waals surface area contributed by atoms with E-state index in [0.717, 1.165) is 22.6 Å². The smallest absolute Gasteiger partial charge is 0.242 e. The molecule has 1 unspecified atom stereocenters. The van der Waals surface area contributed by atoms with E-state index < -0.39 is 14.6 Å². The van der Waals surface area contributed by atoms with Crippen molar-refractivity contribution in [3.8, 4) is 0 Å². The lowest BCUT2D eigenvalue weighted by Gasteiger charge is -2.36. The van der Waals surface area contributed by atoms with Gasteiger partial charge in [0.05, 0.1) is 6.04 Å². The normalized spacial score (nSPS) is 23.3. The van der Waals surface area contributed by atoms with Crippen LogP contribution in [0.3, 0.4) is 0 Å². The van der Waals surface area contributed by atoms with Gasteiger partial charge in [-0.2, -0.15) is 0 Å². The molecule has 1 saturated heterocycles. The maximum Gasteiger partial charge on any atom is 0.242 e. The van der Waals surface area contributed by atoms with E-state index in [9.17, 15) is 13.2 Å². The molecule has 1 amide bonds. The molecular formula is C16H21ClN2O3S2. The van der Waals surface area contributed by atoms with Gasteiger partial charge in [0.2, 0.25) is 5.91 Å². The quantitative estimate of drug-likeness (QED) is 0.829. The van der Waals surface area contributed by atoms with Crippen molar-refractivity contribution in [2.45, 2.75) is 34.9 Å². The summed E-state index contributed by atoms with van der Waals surface area (Å²) in [6.45, 7) is 1.06. The number of amides is 1. The Balaban J connectivity index is 1.88. The molecule has 0 spiro atoms. The Morgan fingerprint density at radius 3 is 2.75 bits per heavy atom. The van der Waals surface area contributed by atoms with Crippen LogP contribution in [0.1, 0.15) is 30.9 Å². The first-order valence-electron chi connectivity index (χ1n) is 7.97. The summed E-state index contributed by atoms with van der Waals surface area (Å²) < 4.78 is 23.4. The predicted octanol–water partition coefficient (Wildman–Crippen LogP) is 2.16. The first-order valence-corrected chi connectivity index (χ1v) is 11.2. The van der Waals surface area contributed by atoms with E-state index in [1.807, 2.05) is 18.2 Å². The van der Waals surface area contributed by atoms with E-state index in [0.29, 0.717) is 31.0 Å². The number of thioether (sulfide) groups is 1. The molecule has 0 aliphatic carbocycles. The SMILES string of the molecule is CS(=O)(=O)C1(C(=O)NC2CCSc3ccc(Cl)cc32)CCNCC1. The number of piperidine rings is 1.